The molecule has 0 saturated carbocycles. The fourth-order valence-electron chi connectivity index (χ4n) is 0.753. The van der Waals surface area contributed by atoms with Gasteiger partial charge in [0.2, 0.25) is 17.2 Å². The number of H-pyrrole nitrogens is 1. The number of carbonyl (C=O) groups excluding carboxylic acids is 1. The summed E-state index contributed by atoms with van der Waals surface area (Å²) in [7, 11) is 0. The highest BCUT2D eigenvalue weighted by atomic mass is 16.2. The molecule has 0 fully saturated rings. The summed E-state index contributed by atoms with van der Waals surface area (Å²) in [5.41, 5.74) is 0.371. The van der Waals surface area contributed by atoms with Gasteiger partial charge in [0.25, 0.3) is 0 Å². The Balaban J connectivity index is 3.02. The van der Waals surface area contributed by atoms with Crippen molar-refractivity contribution >= 4 is 11.7 Å². The number of nitrogens with one attached hydrogen (secondary N) is 2. The molecule has 0 spiro atoms. The Labute approximate surface area is 68.8 Å². The minimum Gasteiger partial charge on any atom is -0.306 e. The van der Waals surface area contributed by atoms with Gasteiger partial charge in [0.1, 0.15) is 0 Å². The predicted molar refractivity (Wildman–Crippen MR) is 43.9 cm³/mol. The quantitative estimate of drug-likeness (QED) is 0.620. The highest BCUT2D eigenvalue weighted by Crippen LogP contribution is 1.91. The second-order valence-electron chi connectivity index (χ2n) is 2.45. The van der Waals surface area contributed by atoms with Crippen LogP contribution in [0.25, 0.3) is 0 Å². The molecule has 0 atom stereocenters. The first-order valence-electron chi connectivity index (χ1n) is 3.43. The number of hydrogen-bond acceptors (Lipinski definition) is 3. The molecule has 0 unspecified atom stereocenters. The number of rotatable bonds is 1. The van der Waals surface area contributed by atoms with Crippen molar-refractivity contribution in [2.45, 2.75) is 13.8 Å². The second-order valence-corrected chi connectivity index (χ2v) is 2.45. The summed E-state index contributed by atoms with van der Waals surface area (Å²) in [6.45, 7) is 3.03. The summed E-state index contributed by atoms with van der Waals surface area (Å²) >= 11 is 0. The minimum atomic E-state index is -0.308. The fraction of sp³-hybridized carbons (Fsp3) is 0.286. The Morgan fingerprint density at radius 2 is 2.33 bits per heavy atom. The van der Waals surface area contributed by atoms with Crippen LogP contribution in [0.2, 0.25) is 0 Å². The van der Waals surface area contributed by atoms with Crippen LogP contribution in [0.5, 0.6) is 0 Å². The lowest BCUT2D eigenvalue weighted by Crippen LogP contribution is -2.17. The molecule has 0 aliphatic carbocycles. The molecule has 2 N–H and O–H groups in total. The molecule has 64 valence electrons. The largest absolute Gasteiger partial charge is 0.306 e. The van der Waals surface area contributed by atoms with Gasteiger partial charge in [0.15, 0.2) is 0 Å². The average Bonchev–Trinajstić information content (AvgIpc) is 1.94. The number of aromatic nitrogens is 2. The number of hydrogen-bond donors (Lipinski definition) is 2. The SMILES string of the molecule is CC(=O)Nc1n[nH]c(C)cc1=O. The van der Waals surface area contributed by atoms with Crippen LogP contribution in [0, 0.1) is 6.92 Å². The van der Waals surface area contributed by atoms with Gasteiger partial charge in [0, 0.05) is 18.7 Å². The van der Waals surface area contributed by atoms with Crippen LogP contribution in [-0.2, 0) is 4.79 Å². The van der Waals surface area contributed by atoms with Crippen molar-refractivity contribution in [3.8, 4) is 0 Å². The van der Waals surface area contributed by atoms with Gasteiger partial charge in [-0.1, -0.05) is 0 Å². The van der Waals surface area contributed by atoms with Gasteiger partial charge in [0.05, 0.1) is 0 Å². The summed E-state index contributed by atoms with van der Waals surface area (Å²) < 4.78 is 0. The second kappa shape index (κ2) is 3.17. The molecule has 5 heteroatoms. The molecule has 0 radical (unpaired) electrons. The lowest BCUT2D eigenvalue weighted by molar-refractivity contribution is -0.114. The van der Waals surface area contributed by atoms with Gasteiger partial charge in [-0.25, -0.2) is 0 Å². The van der Waals surface area contributed by atoms with Crippen LogP contribution in [0.3, 0.4) is 0 Å². The molecule has 0 aromatic carbocycles. The molecule has 0 bridgehead atoms. The molecule has 0 aliphatic rings. The third-order valence-electron chi connectivity index (χ3n) is 1.22. The maximum Gasteiger partial charge on any atom is 0.224 e. The number of anilines is 1. The number of amides is 1. The van der Waals surface area contributed by atoms with Crippen LogP contribution in [0.4, 0.5) is 5.82 Å². The maximum absolute atomic E-state index is 11.1. The molecular weight excluding hydrogens is 158 g/mol. The molecule has 1 amide bonds. The lowest BCUT2D eigenvalue weighted by Gasteiger charge is -1.98. The van der Waals surface area contributed by atoms with E-state index in [-0.39, 0.29) is 17.2 Å². The van der Waals surface area contributed by atoms with E-state index in [1.54, 1.807) is 6.92 Å². The normalized spacial score (nSPS) is 9.50. The smallest absolute Gasteiger partial charge is 0.224 e. The van der Waals surface area contributed by atoms with Crippen molar-refractivity contribution in [2.75, 3.05) is 5.32 Å². The van der Waals surface area contributed by atoms with E-state index in [1.807, 2.05) is 0 Å². The molecule has 0 aliphatic heterocycles. The first kappa shape index (κ1) is 8.45. The maximum atomic E-state index is 11.1. The Morgan fingerprint density at radius 1 is 1.67 bits per heavy atom. The van der Waals surface area contributed by atoms with E-state index >= 15 is 0 Å². The summed E-state index contributed by atoms with van der Waals surface area (Å²) in [6, 6.07) is 1.37. The van der Waals surface area contributed by atoms with Crippen molar-refractivity contribution in [2.24, 2.45) is 0 Å². The predicted octanol–water partition coefficient (Wildman–Crippen LogP) is 0.0367. The molecule has 1 rings (SSSR count). The van der Waals surface area contributed by atoms with E-state index < -0.39 is 0 Å². The zero-order chi connectivity index (χ0) is 9.14. The Kier molecular flexibility index (Phi) is 2.23. The first-order valence-corrected chi connectivity index (χ1v) is 3.43. The van der Waals surface area contributed by atoms with Crippen LogP contribution in [0.1, 0.15) is 12.6 Å². The van der Waals surface area contributed by atoms with E-state index in [4.69, 9.17) is 0 Å². The van der Waals surface area contributed by atoms with E-state index in [9.17, 15) is 9.59 Å². The zero-order valence-corrected chi connectivity index (χ0v) is 6.84. The van der Waals surface area contributed by atoms with Crippen molar-refractivity contribution < 1.29 is 4.79 Å². The average molecular weight is 167 g/mol. The van der Waals surface area contributed by atoms with Crippen molar-refractivity contribution in [1.29, 1.82) is 0 Å². The zero-order valence-electron chi connectivity index (χ0n) is 6.84. The van der Waals surface area contributed by atoms with Crippen LogP contribution in [0.15, 0.2) is 10.9 Å². The molecular formula is C7H9N3O2. The van der Waals surface area contributed by atoms with E-state index in [2.05, 4.69) is 15.5 Å². The van der Waals surface area contributed by atoms with Gasteiger partial charge in [-0.2, -0.15) is 5.10 Å². The Morgan fingerprint density at radius 3 is 2.83 bits per heavy atom. The van der Waals surface area contributed by atoms with Crippen LogP contribution < -0.4 is 10.7 Å². The monoisotopic (exact) mass is 167 g/mol. The molecule has 1 heterocycles. The first-order chi connectivity index (χ1) is 5.59. The van der Waals surface area contributed by atoms with E-state index in [0.717, 1.165) is 0 Å². The standard InChI is InChI=1S/C7H9N3O2/c1-4-3-6(12)7(10-9-4)8-5(2)11/h3H,1-2H3,(H,9,12)(H,8,10,11). The molecule has 1 aromatic rings. The summed E-state index contributed by atoms with van der Waals surface area (Å²) in [5.74, 6) is -0.273. The summed E-state index contributed by atoms with van der Waals surface area (Å²) in [5, 5.41) is 8.54. The number of nitrogens with zero attached hydrogens (tertiary/aromatic N) is 1. The van der Waals surface area contributed by atoms with Gasteiger partial charge in [-0.05, 0) is 6.92 Å². The van der Waals surface area contributed by atoms with Crippen molar-refractivity contribution in [3.63, 3.8) is 0 Å². The minimum absolute atomic E-state index is 0.0353. The van der Waals surface area contributed by atoms with E-state index in [1.165, 1.54) is 13.0 Å². The summed E-state index contributed by atoms with van der Waals surface area (Å²) in [6.07, 6.45) is 0. The third kappa shape index (κ3) is 1.91. The van der Waals surface area contributed by atoms with Crippen molar-refractivity contribution in [3.05, 3.63) is 22.0 Å². The topological polar surface area (TPSA) is 74.8 Å². The highest BCUT2D eigenvalue weighted by molar-refractivity contribution is 5.87. The van der Waals surface area contributed by atoms with Crippen LogP contribution in [-0.4, -0.2) is 16.1 Å². The molecule has 0 saturated heterocycles. The van der Waals surface area contributed by atoms with Gasteiger partial charge in [-0.3, -0.25) is 14.7 Å². The Bertz CT molecular complexity index is 356. The fourth-order valence-corrected chi connectivity index (χ4v) is 0.753. The van der Waals surface area contributed by atoms with E-state index in [0.29, 0.717) is 5.69 Å². The summed E-state index contributed by atoms with van der Waals surface area (Å²) in [4.78, 5) is 21.6. The highest BCUT2D eigenvalue weighted by Gasteiger charge is 2.01. The molecule has 1 aromatic heterocycles. The van der Waals surface area contributed by atoms with Gasteiger partial charge in [-0.15, -0.1) is 0 Å². The number of aromatic amines is 1. The Hall–Kier alpha value is -1.65. The molecule has 5 nitrogen and oxygen atoms in total. The molecule has 12 heavy (non-hydrogen) atoms. The number of aryl methyl sites for hydroxylation is 1. The van der Waals surface area contributed by atoms with Gasteiger partial charge < -0.3 is 5.32 Å². The lowest BCUT2D eigenvalue weighted by atomic mass is 10.4. The van der Waals surface area contributed by atoms with Crippen LogP contribution >= 0.6 is 0 Å². The van der Waals surface area contributed by atoms with Gasteiger partial charge >= 0.3 is 0 Å². The third-order valence-corrected chi connectivity index (χ3v) is 1.22. The number of carbonyl (C=O) groups is 1. The van der Waals surface area contributed by atoms with Crippen molar-refractivity contribution in [1.82, 2.24) is 10.2 Å².